The minimum Gasteiger partial charge on any atom is -0.348 e. The second-order valence-electron chi connectivity index (χ2n) is 7.91. The van der Waals surface area contributed by atoms with Crippen molar-refractivity contribution in [2.24, 2.45) is 5.92 Å². The van der Waals surface area contributed by atoms with Crippen LogP contribution in [0.1, 0.15) is 59.9 Å². The Hall–Kier alpha value is -2.21. The largest absolute Gasteiger partial charge is 0.348 e. The number of aromatic nitrogens is 3. The molecule has 6 nitrogen and oxygen atoms in total. The maximum absolute atomic E-state index is 12.9. The van der Waals surface area contributed by atoms with Gasteiger partial charge in [0.05, 0.1) is 11.7 Å². The fraction of sp³-hybridized carbons (Fsp3) is 0.571. The lowest BCUT2D eigenvalue weighted by Crippen LogP contribution is -2.38. The molecule has 2 atom stereocenters. The monoisotopic (exact) mass is 367 g/mol. The van der Waals surface area contributed by atoms with Crippen LogP contribution in [0.5, 0.6) is 0 Å². The zero-order chi connectivity index (χ0) is 18.6. The molecule has 6 heteroatoms. The lowest BCUT2D eigenvalue weighted by atomic mass is 9.94. The van der Waals surface area contributed by atoms with Crippen molar-refractivity contribution in [1.82, 2.24) is 25.6 Å². The maximum Gasteiger partial charge on any atom is 0.273 e. The fourth-order valence-corrected chi connectivity index (χ4v) is 4.57. The third kappa shape index (κ3) is 4.05. The molecule has 27 heavy (non-hydrogen) atoms. The number of benzene rings is 1. The zero-order valence-corrected chi connectivity index (χ0v) is 16.0. The first-order valence-corrected chi connectivity index (χ1v) is 10.2. The number of amides is 1. The van der Waals surface area contributed by atoms with Crippen LogP contribution in [0.4, 0.5) is 0 Å². The number of carbonyl (C=O) groups excluding carboxylic acids is 1. The van der Waals surface area contributed by atoms with Crippen molar-refractivity contribution in [3.8, 4) is 0 Å². The number of piperidine rings is 1. The number of hydrogen-bond donors (Lipinski definition) is 2. The summed E-state index contributed by atoms with van der Waals surface area (Å²) in [7, 11) is 0. The first-order valence-electron chi connectivity index (χ1n) is 10.2. The van der Waals surface area contributed by atoms with Gasteiger partial charge in [0, 0.05) is 6.04 Å². The van der Waals surface area contributed by atoms with E-state index in [4.69, 9.17) is 0 Å². The Bertz CT molecular complexity index is 766. The van der Waals surface area contributed by atoms with Crippen LogP contribution in [-0.4, -0.2) is 40.0 Å². The number of carbonyl (C=O) groups is 1. The topological polar surface area (TPSA) is 71.8 Å². The number of rotatable bonds is 5. The van der Waals surface area contributed by atoms with Gasteiger partial charge in [-0.1, -0.05) is 42.0 Å². The van der Waals surface area contributed by atoms with E-state index in [0.29, 0.717) is 17.7 Å². The van der Waals surface area contributed by atoms with Gasteiger partial charge in [0.2, 0.25) is 0 Å². The normalized spacial score (nSPS) is 23.4. The van der Waals surface area contributed by atoms with E-state index in [-0.39, 0.29) is 11.9 Å². The molecule has 0 spiro atoms. The molecule has 2 fully saturated rings. The van der Waals surface area contributed by atoms with Gasteiger partial charge in [0.1, 0.15) is 0 Å². The van der Waals surface area contributed by atoms with Crippen molar-refractivity contribution in [2.45, 2.75) is 57.5 Å². The SMILES string of the molecule is Cc1c(C(=O)NC2CCCC2Cc2ccccc2)nnn1C1CCNCC1. The summed E-state index contributed by atoms with van der Waals surface area (Å²) in [6.07, 6.45) is 6.47. The Morgan fingerprint density at radius 1 is 1.19 bits per heavy atom. The van der Waals surface area contributed by atoms with Gasteiger partial charge < -0.3 is 10.6 Å². The van der Waals surface area contributed by atoms with Gasteiger partial charge in [0.15, 0.2) is 5.69 Å². The van der Waals surface area contributed by atoms with Crippen molar-refractivity contribution in [3.63, 3.8) is 0 Å². The summed E-state index contributed by atoms with van der Waals surface area (Å²) in [5, 5.41) is 15.1. The van der Waals surface area contributed by atoms with Crippen LogP contribution in [0.2, 0.25) is 0 Å². The van der Waals surface area contributed by atoms with Crippen LogP contribution in [0.15, 0.2) is 30.3 Å². The van der Waals surface area contributed by atoms with Gasteiger partial charge in [-0.3, -0.25) is 4.79 Å². The second kappa shape index (κ2) is 8.21. The Morgan fingerprint density at radius 3 is 2.74 bits per heavy atom. The molecular formula is C21H29N5O. The summed E-state index contributed by atoms with van der Waals surface area (Å²) in [6.45, 7) is 3.95. The maximum atomic E-state index is 12.9. The minimum absolute atomic E-state index is 0.0716. The third-order valence-electron chi connectivity index (χ3n) is 6.11. The standard InChI is InChI=1S/C21H29N5O/c1-15-20(24-25-26(15)18-10-12-22-13-11-18)21(27)23-19-9-5-8-17(19)14-16-6-3-2-4-7-16/h2-4,6-7,17-19,22H,5,8-14H2,1H3,(H,23,27). The van der Waals surface area contributed by atoms with E-state index in [1.807, 2.05) is 17.7 Å². The van der Waals surface area contributed by atoms with Crippen molar-refractivity contribution >= 4 is 5.91 Å². The summed E-state index contributed by atoms with van der Waals surface area (Å²) in [5.74, 6) is 0.425. The molecule has 2 aromatic rings. The molecule has 2 aliphatic rings. The van der Waals surface area contributed by atoms with E-state index >= 15 is 0 Å². The highest BCUT2D eigenvalue weighted by molar-refractivity contribution is 5.93. The first kappa shape index (κ1) is 18.2. The highest BCUT2D eigenvalue weighted by atomic mass is 16.2. The summed E-state index contributed by atoms with van der Waals surface area (Å²) in [5.41, 5.74) is 2.72. The average Bonchev–Trinajstić information content (AvgIpc) is 3.30. The predicted molar refractivity (Wildman–Crippen MR) is 105 cm³/mol. The molecule has 1 amide bonds. The van der Waals surface area contributed by atoms with E-state index in [0.717, 1.165) is 44.5 Å². The van der Waals surface area contributed by atoms with Gasteiger partial charge in [-0.05, 0) is 63.6 Å². The fourth-order valence-electron chi connectivity index (χ4n) is 4.57. The van der Waals surface area contributed by atoms with Crippen LogP contribution in [0.3, 0.4) is 0 Å². The van der Waals surface area contributed by atoms with E-state index in [2.05, 4.69) is 45.2 Å². The van der Waals surface area contributed by atoms with E-state index in [9.17, 15) is 4.79 Å². The molecule has 1 aliphatic heterocycles. The summed E-state index contributed by atoms with van der Waals surface area (Å²) >= 11 is 0. The molecule has 1 saturated heterocycles. The van der Waals surface area contributed by atoms with Gasteiger partial charge in [-0.2, -0.15) is 0 Å². The minimum atomic E-state index is -0.0716. The van der Waals surface area contributed by atoms with Crippen LogP contribution in [0, 0.1) is 12.8 Å². The molecule has 1 aliphatic carbocycles. The van der Waals surface area contributed by atoms with Crippen LogP contribution < -0.4 is 10.6 Å². The zero-order valence-electron chi connectivity index (χ0n) is 16.0. The van der Waals surface area contributed by atoms with Crippen LogP contribution in [0.25, 0.3) is 0 Å². The average molecular weight is 367 g/mol. The Labute approximate surface area is 160 Å². The molecule has 4 rings (SSSR count). The van der Waals surface area contributed by atoms with Crippen molar-refractivity contribution in [3.05, 3.63) is 47.3 Å². The lowest BCUT2D eigenvalue weighted by molar-refractivity contribution is 0.0922. The Kier molecular flexibility index (Phi) is 5.53. The Balaban J connectivity index is 1.41. The van der Waals surface area contributed by atoms with Crippen LogP contribution >= 0.6 is 0 Å². The van der Waals surface area contributed by atoms with E-state index < -0.39 is 0 Å². The molecule has 2 heterocycles. The summed E-state index contributed by atoms with van der Waals surface area (Å²) < 4.78 is 1.95. The summed E-state index contributed by atoms with van der Waals surface area (Å²) in [6, 6.07) is 11.1. The second-order valence-corrected chi connectivity index (χ2v) is 7.91. The molecule has 1 saturated carbocycles. The van der Waals surface area contributed by atoms with Crippen molar-refractivity contribution in [1.29, 1.82) is 0 Å². The van der Waals surface area contributed by atoms with Crippen molar-refractivity contribution < 1.29 is 4.79 Å². The molecule has 144 valence electrons. The quantitative estimate of drug-likeness (QED) is 0.852. The third-order valence-corrected chi connectivity index (χ3v) is 6.11. The number of hydrogen-bond acceptors (Lipinski definition) is 4. The van der Waals surface area contributed by atoms with E-state index in [1.54, 1.807) is 0 Å². The van der Waals surface area contributed by atoms with Gasteiger partial charge in [0.25, 0.3) is 5.91 Å². The molecule has 0 radical (unpaired) electrons. The van der Waals surface area contributed by atoms with E-state index in [1.165, 1.54) is 18.4 Å². The molecule has 1 aromatic heterocycles. The first-order chi connectivity index (χ1) is 13.2. The molecule has 1 aromatic carbocycles. The number of nitrogens with one attached hydrogen (secondary N) is 2. The smallest absolute Gasteiger partial charge is 0.273 e. The Morgan fingerprint density at radius 2 is 1.96 bits per heavy atom. The molecular weight excluding hydrogens is 338 g/mol. The van der Waals surface area contributed by atoms with Crippen LogP contribution in [-0.2, 0) is 6.42 Å². The molecule has 2 unspecified atom stereocenters. The lowest BCUT2D eigenvalue weighted by Gasteiger charge is -2.23. The molecule has 0 bridgehead atoms. The summed E-state index contributed by atoms with van der Waals surface area (Å²) in [4.78, 5) is 12.9. The highest BCUT2D eigenvalue weighted by Gasteiger charge is 2.30. The van der Waals surface area contributed by atoms with Gasteiger partial charge >= 0.3 is 0 Å². The van der Waals surface area contributed by atoms with Gasteiger partial charge in [-0.15, -0.1) is 5.10 Å². The highest BCUT2D eigenvalue weighted by Crippen LogP contribution is 2.29. The molecule has 2 N–H and O–H groups in total. The van der Waals surface area contributed by atoms with Crippen molar-refractivity contribution in [2.75, 3.05) is 13.1 Å². The predicted octanol–water partition coefficient (Wildman–Crippen LogP) is 2.65. The van der Waals surface area contributed by atoms with Gasteiger partial charge in [-0.25, -0.2) is 4.68 Å². The number of nitrogens with zero attached hydrogens (tertiary/aromatic N) is 3.